The Morgan fingerprint density at radius 1 is 1.36 bits per heavy atom. The third-order valence-corrected chi connectivity index (χ3v) is 5.60. The van der Waals surface area contributed by atoms with Gasteiger partial charge in [0.05, 0.1) is 18.0 Å². The Bertz CT molecular complexity index is 954. The van der Waals surface area contributed by atoms with Crippen LogP contribution < -0.4 is 10.4 Å². The molecule has 0 bridgehead atoms. The highest BCUT2D eigenvalue weighted by atomic mass is 19.1. The van der Waals surface area contributed by atoms with E-state index in [1.807, 2.05) is 20.8 Å². The Kier molecular flexibility index (Phi) is 8.21. The average molecular weight is 458 g/mol. The molecule has 3 rings (SSSR count). The number of rotatable bonds is 8. The van der Waals surface area contributed by atoms with Crippen LogP contribution in [0.5, 0.6) is 0 Å². The number of aryl methyl sites for hydroxylation is 1. The first-order chi connectivity index (χ1) is 15.8. The predicted molar refractivity (Wildman–Crippen MR) is 125 cm³/mol. The van der Waals surface area contributed by atoms with Crippen LogP contribution in [0, 0.1) is 12.7 Å². The number of aromatic nitrogens is 1. The Morgan fingerprint density at radius 3 is 2.82 bits per heavy atom. The molecular weight excluding hydrogens is 425 g/mol. The van der Waals surface area contributed by atoms with Gasteiger partial charge in [-0.3, -0.25) is 20.1 Å². The maximum atomic E-state index is 14.6. The summed E-state index contributed by atoms with van der Waals surface area (Å²) in [6.07, 6.45) is 3.49. The number of pyridine rings is 1. The van der Waals surface area contributed by atoms with Gasteiger partial charge in [0.25, 0.3) is 0 Å². The zero-order valence-electron chi connectivity index (χ0n) is 19.6. The topological polar surface area (TPSA) is 78.0 Å². The standard InChI is InChI=1S/C24H32FN5O3/c1-17(2)33-24(32)28(4)21-6-5-11-29(15-21)14-19-8-10-22(25)23(12-19)30(16-31)27-20-9-7-18(3)26-13-20/h7-10,12-13,16-17,21,27H,5-6,11,14-15H2,1-4H3/t21-/m0/s1. The van der Waals surface area contributed by atoms with Crippen molar-refractivity contribution in [1.82, 2.24) is 14.8 Å². The number of nitrogens with zero attached hydrogens (tertiary/aromatic N) is 4. The Hall–Kier alpha value is -3.20. The highest BCUT2D eigenvalue weighted by Crippen LogP contribution is 2.24. The molecule has 1 fully saturated rings. The van der Waals surface area contributed by atoms with Crippen molar-refractivity contribution >= 4 is 23.9 Å². The molecule has 1 atom stereocenters. The van der Waals surface area contributed by atoms with Crippen molar-refractivity contribution in [3.8, 4) is 0 Å². The number of amides is 2. The van der Waals surface area contributed by atoms with Gasteiger partial charge in [-0.2, -0.15) is 0 Å². The molecule has 2 aromatic rings. The summed E-state index contributed by atoms with van der Waals surface area (Å²) in [7, 11) is 1.77. The number of nitrogens with one attached hydrogen (secondary N) is 1. The molecule has 2 heterocycles. The number of hydrogen-bond acceptors (Lipinski definition) is 6. The lowest BCUT2D eigenvalue weighted by Gasteiger charge is -2.37. The number of hydrazine groups is 1. The van der Waals surface area contributed by atoms with Gasteiger partial charge in [-0.15, -0.1) is 0 Å². The van der Waals surface area contributed by atoms with Crippen LogP contribution in [0.4, 0.5) is 20.6 Å². The quantitative estimate of drug-likeness (QED) is 0.478. The highest BCUT2D eigenvalue weighted by molar-refractivity contribution is 5.79. The Balaban J connectivity index is 1.68. The van der Waals surface area contributed by atoms with E-state index in [1.165, 1.54) is 6.07 Å². The zero-order chi connectivity index (χ0) is 24.0. The van der Waals surface area contributed by atoms with Crippen LogP contribution in [0.3, 0.4) is 0 Å². The molecule has 1 N–H and O–H groups in total. The smallest absolute Gasteiger partial charge is 0.410 e. The summed E-state index contributed by atoms with van der Waals surface area (Å²) in [6, 6.07) is 8.37. The van der Waals surface area contributed by atoms with Gasteiger partial charge in [0.1, 0.15) is 11.5 Å². The van der Waals surface area contributed by atoms with E-state index in [0.717, 1.165) is 35.7 Å². The van der Waals surface area contributed by atoms with E-state index < -0.39 is 5.82 Å². The van der Waals surface area contributed by atoms with E-state index in [4.69, 9.17) is 4.74 Å². The predicted octanol–water partition coefficient (Wildman–Crippen LogP) is 3.96. The lowest BCUT2D eigenvalue weighted by Crippen LogP contribution is -2.48. The first-order valence-corrected chi connectivity index (χ1v) is 11.1. The normalized spacial score (nSPS) is 16.4. The Morgan fingerprint density at radius 2 is 2.15 bits per heavy atom. The highest BCUT2D eigenvalue weighted by Gasteiger charge is 2.27. The van der Waals surface area contributed by atoms with Crippen LogP contribution >= 0.6 is 0 Å². The number of benzene rings is 1. The minimum atomic E-state index is -0.508. The van der Waals surface area contributed by atoms with Gasteiger partial charge in [-0.1, -0.05) is 6.07 Å². The number of hydrogen-bond donors (Lipinski definition) is 1. The molecule has 2 amide bonds. The van der Waals surface area contributed by atoms with Crippen LogP contribution in [0.2, 0.25) is 0 Å². The number of anilines is 2. The maximum absolute atomic E-state index is 14.6. The summed E-state index contributed by atoms with van der Waals surface area (Å²) in [5, 5.41) is 1.11. The number of ether oxygens (including phenoxy) is 1. The number of piperidine rings is 1. The molecular formula is C24H32FN5O3. The Labute approximate surface area is 194 Å². The third kappa shape index (κ3) is 6.64. The minimum absolute atomic E-state index is 0.0482. The van der Waals surface area contributed by atoms with Crippen molar-refractivity contribution in [3.05, 3.63) is 53.6 Å². The number of carbonyl (C=O) groups is 2. The molecule has 1 aromatic heterocycles. The summed E-state index contributed by atoms with van der Waals surface area (Å²) in [5.41, 5.74) is 5.31. The molecule has 0 unspecified atom stereocenters. The molecule has 0 radical (unpaired) electrons. The van der Waals surface area contributed by atoms with Gasteiger partial charge < -0.3 is 9.64 Å². The molecule has 0 spiro atoms. The van der Waals surface area contributed by atoms with E-state index in [1.54, 1.807) is 42.4 Å². The molecule has 1 saturated heterocycles. The van der Waals surface area contributed by atoms with Crippen molar-refractivity contribution in [1.29, 1.82) is 0 Å². The van der Waals surface area contributed by atoms with Gasteiger partial charge in [0, 0.05) is 31.9 Å². The van der Waals surface area contributed by atoms with Crippen molar-refractivity contribution < 1.29 is 18.7 Å². The molecule has 1 aliphatic rings. The fraction of sp³-hybridized carbons (Fsp3) is 0.458. The van der Waals surface area contributed by atoms with Crippen molar-refractivity contribution in [2.75, 3.05) is 30.6 Å². The number of carbonyl (C=O) groups excluding carboxylic acids is 2. The van der Waals surface area contributed by atoms with Crippen molar-refractivity contribution in [2.24, 2.45) is 0 Å². The monoisotopic (exact) mass is 457 g/mol. The van der Waals surface area contributed by atoms with Crippen molar-refractivity contribution in [2.45, 2.75) is 52.3 Å². The molecule has 0 aliphatic carbocycles. The van der Waals surface area contributed by atoms with Crippen molar-refractivity contribution in [3.63, 3.8) is 0 Å². The first kappa shape index (κ1) is 24.4. The average Bonchev–Trinajstić information content (AvgIpc) is 2.79. The molecule has 8 nitrogen and oxygen atoms in total. The number of halogens is 1. The molecule has 178 valence electrons. The van der Waals surface area contributed by atoms with Gasteiger partial charge in [-0.05, 0) is 70.0 Å². The third-order valence-electron chi connectivity index (χ3n) is 5.60. The fourth-order valence-electron chi connectivity index (χ4n) is 3.84. The second-order valence-electron chi connectivity index (χ2n) is 8.64. The van der Waals surface area contributed by atoms with E-state index in [0.29, 0.717) is 25.2 Å². The zero-order valence-corrected chi connectivity index (χ0v) is 19.6. The molecule has 9 heteroatoms. The van der Waals surface area contributed by atoms with E-state index in [-0.39, 0.29) is 23.9 Å². The largest absolute Gasteiger partial charge is 0.447 e. The lowest BCUT2D eigenvalue weighted by atomic mass is 10.0. The van der Waals surface area contributed by atoms with Crippen LogP contribution in [0.15, 0.2) is 36.5 Å². The second-order valence-corrected chi connectivity index (χ2v) is 8.64. The summed E-state index contributed by atoms with van der Waals surface area (Å²) in [4.78, 5) is 32.1. The molecule has 1 aromatic carbocycles. The van der Waals surface area contributed by atoms with Gasteiger partial charge in [0.2, 0.25) is 6.41 Å². The minimum Gasteiger partial charge on any atom is -0.447 e. The van der Waals surface area contributed by atoms with Gasteiger partial charge >= 0.3 is 6.09 Å². The van der Waals surface area contributed by atoms with E-state index in [2.05, 4.69) is 15.3 Å². The second kappa shape index (κ2) is 11.1. The molecule has 0 saturated carbocycles. The van der Waals surface area contributed by atoms with Crippen LogP contribution in [0.1, 0.15) is 37.9 Å². The van der Waals surface area contributed by atoms with E-state index in [9.17, 15) is 14.0 Å². The number of likely N-dealkylation sites (N-methyl/N-ethyl adjacent to an activating group) is 1. The van der Waals surface area contributed by atoms with Crippen LogP contribution in [-0.2, 0) is 16.1 Å². The summed E-state index contributed by atoms with van der Waals surface area (Å²) in [5.74, 6) is -0.508. The van der Waals surface area contributed by atoms with Gasteiger partial charge in [-0.25, -0.2) is 14.2 Å². The van der Waals surface area contributed by atoms with E-state index >= 15 is 0 Å². The fourth-order valence-corrected chi connectivity index (χ4v) is 3.84. The molecule has 1 aliphatic heterocycles. The number of likely N-dealkylation sites (tertiary alicyclic amines) is 1. The first-order valence-electron chi connectivity index (χ1n) is 11.1. The lowest BCUT2D eigenvalue weighted by molar-refractivity contribution is -0.107. The molecule has 33 heavy (non-hydrogen) atoms. The van der Waals surface area contributed by atoms with Crippen LogP contribution in [0.25, 0.3) is 0 Å². The summed E-state index contributed by atoms with van der Waals surface area (Å²) in [6.45, 7) is 7.67. The maximum Gasteiger partial charge on any atom is 0.410 e. The SMILES string of the molecule is Cc1ccc(NN(C=O)c2cc(CN3CCC[C@H](N(C)C(=O)OC(C)C)C3)ccc2F)cn1. The summed E-state index contributed by atoms with van der Waals surface area (Å²) >= 11 is 0. The van der Waals surface area contributed by atoms with Crippen LogP contribution in [-0.4, -0.2) is 59.6 Å². The summed E-state index contributed by atoms with van der Waals surface area (Å²) < 4.78 is 19.9. The van der Waals surface area contributed by atoms with Gasteiger partial charge in [0.15, 0.2) is 0 Å².